The van der Waals surface area contributed by atoms with Gasteiger partial charge in [0.05, 0.1) is 11.8 Å². The van der Waals surface area contributed by atoms with Crippen molar-refractivity contribution in [3.63, 3.8) is 0 Å². The first-order valence-corrected chi connectivity index (χ1v) is 11.2. The average Bonchev–Trinajstić information content (AvgIpc) is 3.52. The van der Waals surface area contributed by atoms with Crippen molar-refractivity contribution >= 4 is 5.91 Å². The number of rotatable bonds is 6. The highest BCUT2D eigenvalue weighted by Gasteiger charge is 2.34. The van der Waals surface area contributed by atoms with Crippen LogP contribution < -0.4 is 0 Å². The lowest BCUT2D eigenvalue weighted by molar-refractivity contribution is 0.0714. The predicted octanol–water partition coefficient (Wildman–Crippen LogP) is 5.51. The SMILES string of the molecule is O=C(c1ccc(Cc2ccc(F)cc2)nc1)N1CCC[C@H]1c1ncc(Cc2ccc(F)cc2)o1. The Labute approximate surface area is 196 Å². The highest BCUT2D eigenvalue weighted by molar-refractivity contribution is 5.94. The number of pyridine rings is 1. The van der Waals surface area contributed by atoms with Crippen molar-refractivity contribution in [1.29, 1.82) is 0 Å². The summed E-state index contributed by atoms with van der Waals surface area (Å²) in [5.41, 5.74) is 3.19. The summed E-state index contributed by atoms with van der Waals surface area (Å²) in [4.78, 5) is 23.9. The third-order valence-corrected chi connectivity index (χ3v) is 6.03. The smallest absolute Gasteiger partial charge is 0.256 e. The minimum Gasteiger partial charge on any atom is -0.443 e. The molecule has 1 fully saturated rings. The minimum absolute atomic E-state index is 0.110. The molecule has 1 atom stereocenters. The van der Waals surface area contributed by atoms with Crippen LogP contribution in [0.25, 0.3) is 0 Å². The number of amides is 1. The molecule has 1 aliphatic rings. The van der Waals surface area contributed by atoms with Gasteiger partial charge in [-0.1, -0.05) is 24.3 Å². The van der Waals surface area contributed by atoms with E-state index in [1.54, 1.807) is 47.6 Å². The molecule has 1 aliphatic heterocycles. The van der Waals surface area contributed by atoms with E-state index in [1.807, 2.05) is 6.07 Å². The molecule has 5 rings (SSSR count). The standard InChI is InChI=1S/C27H23F2N3O2/c28-21-8-3-18(4-9-21)14-23-12-7-20(16-30-23)27(33)32-13-1-2-25(32)26-31-17-24(34-26)15-19-5-10-22(29)11-6-19/h3-12,16-17,25H,1-2,13-15H2/t25-/m0/s1. The first-order valence-electron chi connectivity index (χ1n) is 11.2. The molecule has 2 aromatic heterocycles. The van der Waals surface area contributed by atoms with Crippen LogP contribution in [0.5, 0.6) is 0 Å². The van der Waals surface area contributed by atoms with E-state index in [2.05, 4.69) is 9.97 Å². The van der Waals surface area contributed by atoms with Gasteiger partial charge in [0.2, 0.25) is 5.89 Å². The summed E-state index contributed by atoms with van der Waals surface area (Å²) < 4.78 is 32.2. The van der Waals surface area contributed by atoms with Crippen molar-refractivity contribution in [3.05, 3.63) is 119 Å². The lowest BCUT2D eigenvalue weighted by Crippen LogP contribution is -2.30. The molecule has 0 saturated carbocycles. The van der Waals surface area contributed by atoms with Crippen LogP contribution in [0.1, 0.15) is 57.7 Å². The Kier molecular flexibility index (Phi) is 6.16. The summed E-state index contributed by atoms with van der Waals surface area (Å²) >= 11 is 0. The predicted molar refractivity (Wildman–Crippen MR) is 122 cm³/mol. The molecule has 0 bridgehead atoms. The molecular formula is C27H23F2N3O2. The van der Waals surface area contributed by atoms with E-state index in [0.717, 1.165) is 29.7 Å². The molecule has 0 unspecified atom stereocenters. The minimum atomic E-state index is -0.278. The summed E-state index contributed by atoms with van der Waals surface area (Å²) in [6, 6.07) is 16.0. The number of carbonyl (C=O) groups excluding carboxylic acids is 1. The van der Waals surface area contributed by atoms with E-state index in [1.165, 1.54) is 24.3 Å². The van der Waals surface area contributed by atoms with Crippen LogP contribution in [0.3, 0.4) is 0 Å². The molecule has 5 nitrogen and oxygen atoms in total. The number of nitrogens with zero attached hydrogens (tertiary/aromatic N) is 3. The number of oxazole rings is 1. The van der Waals surface area contributed by atoms with Crippen LogP contribution >= 0.6 is 0 Å². The van der Waals surface area contributed by atoms with E-state index >= 15 is 0 Å². The summed E-state index contributed by atoms with van der Waals surface area (Å²) in [5.74, 6) is 0.532. The maximum absolute atomic E-state index is 13.2. The zero-order valence-corrected chi connectivity index (χ0v) is 18.5. The number of aromatic nitrogens is 2. The van der Waals surface area contributed by atoms with E-state index < -0.39 is 0 Å². The summed E-state index contributed by atoms with van der Waals surface area (Å²) in [6.07, 6.45) is 5.97. The van der Waals surface area contributed by atoms with Crippen molar-refractivity contribution in [2.45, 2.75) is 31.7 Å². The largest absolute Gasteiger partial charge is 0.443 e. The molecule has 4 aromatic rings. The normalized spacial score (nSPS) is 15.6. The van der Waals surface area contributed by atoms with Crippen molar-refractivity contribution in [1.82, 2.24) is 14.9 Å². The molecule has 1 saturated heterocycles. The monoisotopic (exact) mass is 459 g/mol. The fourth-order valence-corrected chi connectivity index (χ4v) is 4.26. The van der Waals surface area contributed by atoms with Gasteiger partial charge in [0.15, 0.2) is 0 Å². The van der Waals surface area contributed by atoms with Gasteiger partial charge in [-0.05, 0) is 60.4 Å². The van der Waals surface area contributed by atoms with Crippen LogP contribution in [-0.2, 0) is 12.8 Å². The molecule has 7 heteroatoms. The van der Waals surface area contributed by atoms with E-state index in [0.29, 0.717) is 36.6 Å². The quantitative estimate of drug-likeness (QED) is 0.382. The average molecular weight is 459 g/mol. The molecule has 3 heterocycles. The van der Waals surface area contributed by atoms with Crippen LogP contribution in [0, 0.1) is 11.6 Å². The number of carbonyl (C=O) groups is 1. The van der Waals surface area contributed by atoms with Gasteiger partial charge in [-0.2, -0.15) is 0 Å². The van der Waals surface area contributed by atoms with E-state index in [-0.39, 0.29) is 23.6 Å². The Morgan fingerprint density at radius 3 is 2.21 bits per heavy atom. The van der Waals surface area contributed by atoms with Crippen molar-refractivity contribution in [2.24, 2.45) is 0 Å². The summed E-state index contributed by atoms with van der Waals surface area (Å²) in [6.45, 7) is 0.622. The topological polar surface area (TPSA) is 59.2 Å². The summed E-state index contributed by atoms with van der Waals surface area (Å²) in [5, 5.41) is 0. The zero-order chi connectivity index (χ0) is 23.5. The fourth-order valence-electron chi connectivity index (χ4n) is 4.26. The Balaban J connectivity index is 1.26. The lowest BCUT2D eigenvalue weighted by atomic mass is 10.1. The third kappa shape index (κ3) is 4.88. The molecule has 34 heavy (non-hydrogen) atoms. The maximum atomic E-state index is 13.2. The number of halogens is 2. The van der Waals surface area contributed by atoms with E-state index in [4.69, 9.17) is 4.42 Å². The number of benzene rings is 2. The van der Waals surface area contributed by atoms with Gasteiger partial charge in [-0.15, -0.1) is 0 Å². The summed E-state index contributed by atoms with van der Waals surface area (Å²) in [7, 11) is 0. The first-order chi connectivity index (χ1) is 16.5. The van der Waals surface area contributed by atoms with Crippen molar-refractivity contribution in [2.75, 3.05) is 6.54 Å². The highest BCUT2D eigenvalue weighted by atomic mass is 19.1. The molecule has 0 aliphatic carbocycles. The van der Waals surface area contributed by atoms with Crippen LogP contribution in [-0.4, -0.2) is 27.3 Å². The van der Waals surface area contributed by atoms with Crippen molar-refractivity contribution < 1.29 is 18.0 Å². The Morgan fingerprint density at radius 1 is 0.882 bits per heavy atom. The molecule has 0 spiro atoms. The van der Waals surface area contributed by atoms with Gasteiger partial charge < -0.3 is 9.32 Å². The molecular weight excluding hydrogens is 436 g/mol. The van der Waals surface area contributed by atoms with Gasteiger partial charge in [0, 0.05) is 31.3 Å². The Bertz CT molecular complexity index is 1270. The van der Waals surface area contributed by atoms with Gasteiger partial charge in [-0.25, -0.2) is 13.8 Å². The number of likely N-dealkylation sites (tertiary alicyclic amines) is 1. The third-order valence-electron chi connectivity index (χ3n) is 6.03. The molecule has 1 amide bonds. The second-order valence-electron chi connectivity index (χ2n) is 8.47. The highest BCUT2D eigenvalue weighted by Crippen LogP contribution is 2.33. The van der Waals surface area contributed by atoms with E-state index in [9.17, 15) is 13.6 Å². The van der Waals surface area contributed by atoms with Crippen molar-refractivity contribution in [3.8, 4) is 0 Å². The second-order valence-corrected chi connectivity index (χ2v) is 8.47. The zero-order valence-electron chi connectivity index (χ0n) is 18.5. The molecule has 2 aromatic carbocycles. The Hall–Kier alpha value is -3.87. The van der Waals surface area contributed by atoms with Gasteiger partial charge >= 0.3 is 0 Å². The number of hydrogen-bond donors (Lipinski definition) is 0. The van der Waals surface area contributed by atoms with Gasteiger partial charge in [-0.3, -0.25) is 9.78 Å². The fraction of sp³-hybridized carbons (Fsp3) is 0.222. The van der Waals surface area contributed by atoms with Crippen LogP contribution in [0.15, 0.2) is 77.5 Å². The maximum Gasteiger partial charge on any atom is 0.256 e. The Morgan fingerprint density at radius 2 is 1.56 bits per heavy atom. The lowest BCUT2D eigenvalue weighted by Gasteiger charge is -2.22. The van der Waals surface area contributed by atoms with Crippen LogP contribution in [0.2, 0.25) is 0 Å². The molecule has 172 valence electrons. The van der Waals surface area contributed by atoms with Crippen LogP contribution in [0.4, 0.5) is 8.78 Å². The van der Waals surface area contributed by atoms with Gasteiger partial charge in [0.25, 0.3) is 5.91 Å². The first kappa shape index (κ1) is 21.9. The second kappa shape index (κ2) is 9.55. The molecule has 0 N–H and O–H groups in total. The number of hydrogen-bond acceptors (Lipinski definition) is 4. The van der Waals surface area contributed by atoms with Gasteiger partial charge in [0.1, 0.15) is 23.4 Å². The molecule has 0 radical (unpaired) electrons.